The van der Waals surface area contributed by atoms with Crippen molar-refractivity contribution in [2.75, 3.05) is 7.05 Å². The molecule has 0 fully saturated rings. The van der Waals surface area contributed by atoms with E-state index in [-0.39, 0.29) is 11.9 Å². The van der Waals surface area contributed by atoms with Crippen LogP contribution in [0.4, 0.5) is 0 Å². The van der Waals surface area contributed by atoms with Crippen LogP contribution in [0.5, 0.6) is 5.88 Å². The Kier molecular flexibility index (Phi) is 5.41. The van der Waals surface area contributed by atoms with Gasteiger partial charge in [0, 0.05) is 11.1 Å². The van der Waals surface area contributed by atoms with E-state index in [9.17, 15) is 4.79 Å². The number of benzene rings is 1. The van der Waals surface area contributed by atoms with E-state index in [4.69, 9.17) is 26.6 Å². The Labute approximate surface area is 133 Å². The third-order valence-corrected chi connectivity index (χ3v) is 3.53. The molecule has 2 rings (SSSR count). The minimum absolute atomic E-state index is 0.347. The Hall–Kier alpha value is -2.05. The van der Waals surface area contributed by atoms with Crippen LogP contribution in [0.15, 0.2) is 34.9 Å². The standard InChI is InChI=1S/C15H18ClN3O3/c1-10(15(17)20)19(2)8-13-7-14(18-22-13)21-9-11-4-3-5-12(16)6-11/h3-7,10H,8-9H2,1-2H3,(H2,17,20)/t10-/m0/s1. The predicted octanol–water partition coefficient (Wildman–Crippen LogP) is 2.21. The van der Waals surface area contributed by atoms with Gasteiger partial charge in [-0.05, 0) is 36.8 Å². The number of carbonyl (C=O) groups is 1. The molecule has 0 aliphatic heterocycles. The van der Waals surface area contributed by atoms with Gasteiger partial charge in [0.25, 0.3) is 5.88 Å². The first-order valence-electron chi connectivity index (χ1n) is 6.78. The molecule has 6 nitrogen and oxygen atoms in total. The minimum Gasteiger partial charge on any atom is -0.471 e. The summed E-state index contributed by atoms with van der Waals surface area (Å²) in [5.41, 5.74) is 6.20. The Morgan fingerprint density at radius 1 is 1.50 bits per heavy atom. The third-order valence-electron chi connectivity index (χ3n) is 3.29. The molecule has 0 saturated heterocycles. The molecule has 2 N–H and O–H groups in total. The smallest absolute Gasteiger partial charge is 0.254 e. The van der Waals surface area contributed by atoms with Crippen LogP contribution < -0.4 is 10.5 Å². The van der Waals surface area contributed by atoms with Crippen LogP contribution in [0, 0.1) is 0 Å². The summed E-state index contributed by atoms with van der Waals surface area (Å²) in [6, 6.07) is 8.69. The summed E-state index contributed by atoms with van der Waals surface area (Å²) in [6.07, 6.45) is 0. The summed E-state index contributed by atoms with van der Waals surface area (Å²) in [6.45, 7) is 2.49. The van der Waals surface area contributed by atoms with E-state index < -0.39 is 0 Å². The molecule has 0 aliphatic rings. The first-order chi connectivity index (χ1) is 10.5. The van der Waals surface area contributed by atoms with Gasteiger partial charge in [-0.25, -0.2) is 0 Å². The lowest BCUT2D eigenvalue weighted by Crippen LogP contribution is -2.39. The van der Waals surface area contributed by atoms with E-state index in [1.807, 2.05) is 18.2 Å². The highest BCUT2D eigenvalue weighted by atomic mass is 35.5. The number of amides is 1. The summed E-state index contributed by atoms with van der Waals surface area (Å²) in [5.74, 6) is 0.589. The normalized spacial score (nSPS) is 12.4. The summed E-state index contributed by atoms with van der Waals surface area (Å²) < 4.78 is 10.7. The molecule has 0 saturated carbocycles. The number of hydrogen-bond donors (Lipinski definition) is 1. The summed E-state index contributed by atoms with van der Waals surface area (Å²) in [7, 11) is 1.78. The van der Waals surface area contributed by atoms with Gasteiger partial charge in [0.05, 0.1) is 12.6 Å². The van der Waals surface area contributed by atoms with Crippen LogP contribution in [0.1, 0.15) is 18.2 Å². The van der Waals surface area contributed by atoms with Crippen LogP contribution in [-0.2, 0) is 17.9 Å². The van der Waals surface area contributed by atoms with Gasteiger partial charge >= 0.3 is 0 Å². The Morgan fingerprint density at radius 2 is 2.27 bits per heavy atom. The molecule has 2 aromatic rings. The number of carbonyl (C=O) groups excluding carboxylic acids is 1. The molecule has 22 heavy (non-hydrogen) atoms. The molecule has 1 aromatic heterocycles. The molecule has 1 atom stereocenters. The van der Waals surface area contributed by atoms with Crippen LogP contribution in [0.3, 0.4) is 0 Å². The molecule has 1 heterocycles. The second kappa shape index (κ2) is 7.29. The van der Waals surface area contributed by atoms with Crippen molar-refractivity contribution >= 4 is 17.5 Å². The monoisotopic (exact) mass is 323 g/mol. The third kappa shape index (κ3) is 4.47. The van der Waals surface area contributed by atoms with Gasteiger partial charge in [0.1, 0.15) is 6.61 Å². The Morgan fingerprint density at radius 3 is 2.95 bits per heavy atom. The zero-order chi connectivity index (χ0) is 16.1. The Balaban J connectivity index is 1.90. The van der Waals surface area contributed by atoms with E-state index in [1.54, 1.807) is 31.0 Å². The van der Waals surface area contributed by atoms with Crippen LogP contribution >= 0.6 is 11.6 Å². The number of aromatic nitrogens is 1. The fraction of sp³-hybridized carbons (Fsp3) is 0.333. The van der Waals surface area contributed by atoms with Gasteiger partial charge in [-0.15, -0.1) is 0 Å². The highest BCUT2D eigenvalue weighted by molar-refractivity contribution is 6.30. The van der Waals surface area contributed by atoms with Crippen LogP contribution in [-0.4, -0.2) is 29.1 Å². The SMILES string of the molecule is C[C@@H](C(N)=O)N(C)Cc1cc(OCc2cccc(Cl)c2)no1. The van der Waals surface area contributed by atoms with Crippen molar-refractivity contribution in [3.8, 4) is 5.88 Å². The quantitative estimate of drug-likeness (QED) is 0.844. The highest BCUT2D eigenvalue weighted by Crippen LogP contribution is 2.17. The number of likely N-dealkylation sites (N-methyl/N-ethyl adjacent to an activating group) is 1. The van der Waals surface area contributed by atoms with Crippen molar-refractivity contribution in [1.82, 2.24) is 10.1 Å². The van der Waals surface area contributed by atoms with Gasteiger partial charge in [0.2, 0.25) is 5.91 Å². The van der Waals surface area contributed by atoms with E-state index in [0.29, 0.717) is 29.8 Å². The van der Waals surface area contributed by atoms with Gasteiger partial charge in [0.15, 0.2) is 5.76 Å². The summed E-state index contributed by atoms with van der Waals surface area (Å²) in [5, 5.41) is 4.49. The van der Waals surface area contributed by atoms with Crippen molar-refractivity contribution < 1.29 is 14.1 Å². The first-order valence-corrected chi connectivity index (χ1v) is 7.16. The maximum absolute atomic E-state index is 11.1. The van der Waals surface area contributed by atoms with Gasteiger partial charge in [-0.3, -0.25) is 9.69 Å². The molecule has 0 unspecified atom stereocenters. The largest absolute Gasteiger partial charge is 0.471 e. The van der Waals surface area contributed by atoms with Crippen molar-refractivity contribution in [2.45, 2.75) is 26.1 Å². The maximum Gasteiger partial charge on any atom is 0.254 e. The maximum atomic E-state index is 11.1. The van der Waals surface area contributed by atoms with Crippen molar-refractivity contribution in [2.24, 2.45) is 5.73 Å². The number of nitrogens with zero attached hydrogens (tertiary/aromatic N) is 2. The first kappa shape index (κ1) is 16.3. The van der Waals surface area contributed by atoms with Crippen molar-refractivity contribution in [3.63, 3.8) is 0 Å². The average molecular weight is 324 g/mol. The molecular formula is C15H18ClN3O3. The van der Waals surface area contributed by atoms with E-state index in [2.05, 4.69) is 5.16 Å². The lowest BCUT2D eigenvalue weighted by Gasteiger charge is -2.19. The van der Waals surface area contributed by atoms with Crippen LogP contribution in [0.25, 0.3) is 0 Å². The second-order valence-corrected chi connectivity index (χ2v) is 5.48. The molecule has 118 valence electrons. The number of primary amides is 1. The topological polar surface area (TPSA) is 81.6 Å². The molecule has 1 amide bonds. The van der Waals surface area contributed by atoms with Gasteiger partial charge in [-0.2, -0.15) is 0 Å². The van der Waals surface area contributed by atoms with E-state index >= 15 is 0 Å². The van der Waals surface area contributed by atoms with E-state index in [1.165, 1.54) is 0 Å². The Bertz CT molecular complexity index is 644. The molecule has 0 spiro atoms. The highest BCUT2D eigenvalue weighted by Gasteiger charge is 2.17. The fourth-order valence-electron chi connectivity index (χ4n) is 1.82. The molecular weight excluding hydrogens is 306 g/mol. The van der Waals surface area contributed by atoms with Crippen molar-refractivity contribution in [3.05, 3.63) is 46.7 Å². The lowest BCUT2D eigenvalue weighted by molar-refractivity contribution is -0.122. The van der Waals surface area contributed by atoms with E-state index in [0.717, 1.165) is 5.56 Å². The predicted molar refractivity (Wildman–Crippen MR) is 82.4 cm³/mol. The minimum atomic E-state index is -0.389. The number of nitrogens with two attached hydrogens (primary N) is 1. The van der Waals surface area contributed by atoms with Gasteiger partial charge < -0.3 is 15.0 Å². The number of hydrogen-bond acceptors (Lipinski definition) is 5. The van der Waals surface area contributed by atoms with Crippen molar-refractivity contribution in [1.29, 1.82) is 0 Å². The van der Waals surface area contributed by atoms with Gasteiger partial charge in [-0.1, -0.05) is 23.7 Å². The number of halogens is 1. The number of ether oxygens (including phenoxy) is 1. The zero-order valence-corrected chi connectivity index (χ0v) is 13.2. The lowest BCUT2D eigenvalue weighted by atomic mass is 10.2. The average Bonchev–Trinajstić information content (AvgIpc) is 2.91. The summed E-state index contributed by atoms with van der Waals surface area (Å²) in [4.78, 5) is 12.9. The fourth-order valence-corrected chi connectivity index (χ4v) is 2.03. The number of rotatable bonds is 7. The molecule has 7 heteroatoms. The van der Waals surface area contributed by atoms with Crippen LogP contribution in [0.2, 0.25) is 5.02 Å². The molecule has 0 aliphatic carbocycles. The summed E-state index contributed by atoms with van der Waals surface area (Å²) >= 11 is 5.91. The molecule has 0 bridgehead atoms. The molecule has 1 aromatic carbocycles. The molecule has 0 radical (unpaired) electrons. The zero-order valence-electron chi connectivity index (χ0n) is 12.5. The second-order valence-electron chi connectivity index (χ2n) is 5.04.